The van der Waals surface area contributed by atoms with Crippen molar-refractivity contribution in [2.75, 3.05) is 27.8 Å². The van der Waals surface area contributed by atoms with E-state index in [0.717, 1.165) is 27.2 Å². The van der Waals surface area contributed by atoms with Crippen molar-refractivity contribution < 1.29 is 24.0 Å². The molecule has 0 unspecified atom stereocenters. The van der Waals surface area contributed by atoms with E-state index in [1.165, 1.54) is 0 Å². The molecule has 6 amide bonds. The normalized spacial score (nSPS) is 15.9. The second kappa shape index (κ2) is 21.2. The van der Waals surface area contributed by atoms with Crippen LogP contribution in [0, 0.1) is 0 Å². The van der Waals surface area contributed by atoms with Crippen molar-refractivity contribution in [3.8, 4) is 44.9 Å². The largest absolute Gasteiger partial charge is 0.325 e. The van der Waals surface area contributed by atoms with Crippen LogP contribution >= 0.6 is 11.3 Å². The van der Waals surface area contributed by atoms with E-state index in [2.05, 4.69) is 97.0 Å². The van der Waals surface area contributed by atoms with Crippen molar-refractivity contribution in [3.05, 3.63) is 151 Å². The Morgan fingerprint density at radius 1 is 0.646 bits per heavy atom. The van der Waals surface area contributed by atoms with Gasteiger partial charge in [0.1, 0.15) is 28.3 Å². The average Bonchev–Trinajstić information content (AvgIpc) is 4.44. The molecule has 25 nitrogen and oxygen atoms in total. The van der Waals surface area contributed by atoms with Gasteiger partial charge in [-0.1, -0.05) is 47.7 Å². The van der Waals surface area contributed by atoms with Crippen molar-refractivity contribution in [1.82, 2.24) is 80.7 Å². The Hall–Kier alpha value is -10.6. The van der Waals surface area contributed by atoms with Gasteiger partial charge in [0.15, 0.2) is 16.7 Å². The second-order valence-corrected chi connectivity index (χ2v) is 19.4. The number of hydrogen-bond acceptors (Lipinski definition) is 19. The Kier molecular flexibility index (Phi) is 13.2. The quantitative estimate of drug-likeness (QED) is 0.0499. The smallest absolute Gasteiger partial charge is 0.324 e. The Labute approximate surface area is 450 Å². The fourth-order valence-electron chi connectivity index (χ4n) is 9.46. The summed E-state index contributed by atoms with van der Waals surface area (Å²) in [5, 5.41) is 41.6. The first kappa shape index (κ1) is 49.3. The van der Waals surface area contributed by atoms with Gasteiger partial charge < -0.3 is 20.6 Å². The summed E-state index contributed by atoms with van der Waals surface area (Å²) in [7, 11) is 0. The summed E-state index contributed by atoms with van der Waals surface area (Å²) < 4.78 is 0. The van der Waals surface area contributed by atoms with Gasteiger partial charge in [-0.3, -0.25) is 60.0 Å². The number of amides is 6. The minimum atomic E-state index is -1.05. The summed E-state index contributed by atoms with van der Waals surface area (Å²) in [6.07, 6.45) is 11.7. The number of pyridine rings is 4. The van der Waals surface area contributed by atoms with Gasteiger partial charge in [0.05, 0.1) is 0 Å². The van der Waals surface area contributed by atoms with Crippen molar-refractivity contribution in [2.45, 2.75) is 43.6 Å². The number of hydrogen-bond donors (Lipinski definition) is 7. The topological polar surface area (TPSA) is 335 Å². The molecule has 10 aromatic rings. The highest BCUT2D eigenvalue weighted by atomic mass is 32.1. The predicted octanol–water partition coefficient (Wildman–Crippen LogP) is 7.19. The summed E-state index contributed by atoms with van der Waals surface area (Å²) in [6.45, 7) is -0.0992. The number of nitrogens with zero attached hydrogens (tertiary/aromatic N) is 13. The number of fused-ring (bicyclic) bond motifs is 1. The molecule has 1 aliphatic carbocycles. The van der Waals surface area contributed by atoms with E-state index in [4.69, 9.17) is 0 Å². The number of imide groups is 1. The van der Waals surface area contributed by atoms with Crippen LogP contribution in [0.4, 0.5) is 33.5 Å². The highest BCUT2D eigenvalue weighted by Gasteiger charge is 2.52. The molecular formula is C53H42N20O5S. The molecule has 0 radical (unpaired) electrons. The predicted molar refractivity (Wildman–Crippen MR) is 288 cm³/mol. The van der Waals surface area contributed by atoms with E-state index < -0.39 is 29.3 Å². The molecule has 9 heterocycles. The van der Waals surface area contributed by atoms with Crippen molar-refractivity contribution in [2.24, 2.45) is 0 Å². The third-order valence-electron chi connectivity index (χ3n) is 13.4. The van der Waals surface area contributed by atoms with Crippen LogP contribution in [0.5, 0.6) is 0 Å². The standard InChI is InChI=1S/C53H42N20O5S/c74-40(61-49-62-42(67-70-49)37-8-3-4-18-54-37)15-23-73-47(77)53(66-52(73)78)16-11-29(12-17-53)32-9-10-38(59-28-32)43-63-50(71-68-43)64-44(75)34-24-33(25-35(26-34)60-48-57-19-5-20-58-48)31-14-21-55-39(27-31)46-69-72-51(79-46)65-45(76)41-36-7-2-1-6-30(36)13-22-56-41/h1-10,13-14,18-22,24-29H,11-12,15-17,23H2,(H,66,78)(H,57,58,60)(H,65,72,76)(H2,61,62,67,70,74)(H2,63,64,68,71,75). The average molecular weight is 1070 g/mol. The molecule has 1 spiro atoms. The maximum atomic E-state index is 14.0. The molecule has 1 saturated heterocycles. The van der Waals surface area contributed by atoms with Gasteiger partial charge >= 0.3 is 6.03 Å². The zero-order valence-corrected chi connectivity index (χ0v) is 42.1. The Bertz CT molecular complexity index is 3930. The lowest BCUT2D eigenvalue weighted by Crippen LogP contribution is -2.49. The third kappa shape index (κ3) is 10.5. The van der Waals surface area contributed by atoms with Gasteiger partial charge in [-0.25, -0.2) is 14.8 Å². The summed E-state index contributed by atoms with van der Waals surface area (Å²) in [4.78, 5) is 100. The SMILES string of the molecule is O=C(CCN1C(=O)NC2(CCC(c3ccc(-c4nnc(NC(=O)c5cc(Nc6ncccn6)cc(-c6ccnc(-c7nnc(NC(=O)c8nccc9ccccc89)s7)c6)c5)[nH]4)nc3)CC2)C1=O)Nc1nnc(-c2ccccn2)[nH]1. The summed E-state index contributed by atoms with van der Waals surface area (Å²) in [6, 6.07) is 28.4. The van der Waals surface area contributed by atoms with Crippen LogP contribution < -0.4 is 26.6 Å². The molecule has 8 aromatic heterocycles. The zero-order valence-electron chi connectivity index (χ0n) is 41.3. The molecule has 1 aliphatic heterocycles. The summed E-state index contributed by atoms with van der Waals surface area (Å²) in [5.74, 6) is -0.418. The Balaban J connectivity index is 0.678. The van der Waals surface area contributed by atoms with Crippen LogP contribution in [0.25, 0.3) is 55.6 Å². The van der Waals surface area contributed by atoms with E-state index in [0.29, 0.717) is 87.6 Å². The number of nitrogens with one attached hydrogen (secondary N) is 7. The van der Waals surface area contributed by atoms with Gasteiger partial charge in [0.2, 0.25) is 28.9 Å². The lowest BCUT2D eigenvalue weighted by atomic mass is 9.74. The Morgan fingerprint density at radius 3 is 2.18 bits per heavy atom. The van der Waals surface area contributed by atoms with Crippen molar-refractivity contribution in [1.29, 1.82) is 0 Å². The number of rotatable bonds is 15. The molecule has 390 valence electrons. The Morgan fingerprint density at radius 2 is 1.39 bits per heavy atom. The van der Waals surface area contributed by atoms with E-state index in [1.807, 2.05) is 48.5 Å². The minimum Gasteiger partial charge on any atom is -0.324 e. The highest BCUT2D eigenvalue weighted by molar-refractivity contribution is 7.18. The molecule has 2 fully saturated rings. The number of benzene rings is 2. The van der Waals surface area contributed by atoms with Gasteiger partial charge in [-0.05, 0) is 114 Å². The third-order valence-corrected chi connectivity index (χ3v) is 14.2. The monoisotopic (exact) mass is 1070 g/mol. The molecule has 7 N–H and O–H groups in total. The highest BCUT2D eigenvalue weighted by Crippen LogP contribution is 2.41. The molecule has 0 bridgehead atoms. The van der Waals surface area contributed by atoms with Crippen LogP contribution in [-0.2, 0) is 9.59 Å². The number of anilines is 5. The summed E-state index contributed by atoms with van der Waals surface area (Å²) >= 11 is 1.15. The van der Waals surface area contributed by atoms with Gasteiger partial charge in [0.25, 0.3) is 17.7 Å². The lowest BCUT2D eigenvalue weighted by Gasteiger charge is -2.35. The first-order valence-electron chi connectivity index (χ1n) is 24.7. The second-order valence-electron chi connectivity index (χ2n) is 18.4. The maximum Gasteiger partial charge on any atom is 0.325 e. The number of H-pyrrole nitrogens is 2. The molecule has 1 saturated carbocycles. The molecule has 26 heteroatoms. The van der Waals surface area contributed by atoms with Gasteiger partial charge in [-0.2, -0.15) is 0 Å². The molecule has 2 aromatic carbocycles. The van der Waals surface area contributed by atoms with Crippen LogP contribution in [-0.4, -0.2) is 117 Å². The van der Waals surface area contributed by atoms with Gasteiger partial charge in [-0.15, -0.1) is 30.6 Å². The van der Waals surface area contributed by atoms with Crippen molar-refractivity contribution >= 4 is 80.4 Å². The molecule has 0 atom stereocenters. The van der Waals surface area contributed by atoms with E-state index in [1.54, 1.807) is 85.7 Å². The van der Waals surface area contributed by atoms with E-state index in [-0.39, 0.29) is 53.1 Å². The number of carbonyl (C=O) groups is 5. The molecular weight excluding hydrogens is 1030 g/mol. The number of aromatic amines is 2. The van der Waals surface area contributed by atoms with Gasteiger partial charge in [0, 0.05) is 66.8 Å². The first-order valence-corrected chi connectivity index (χ1v) is 25.5. The van der Waals surface area contributed by atoms with Crippen molar-refractivity contribution in [3.63, 3.8) is 0 Å². The number of aromatic nitrogens is 14. The van der Waals surface area contributed by atoms with Crippen LogP contribution in [0.3, 0.4) is 0 Å². The zero-order chi connectivity index (χ0) is 53.9. The fraction of sp³-hybridized carbons (Fsp3) is 0.151. The van der Waals surface area contributed by atoms with E-state index >= 15 is 0 Å². The fourth-order valence-corrected chi connectivity index (χ4v) is 10.2. The molecule has 79 heavy (non-hydrogen) atoms. The van der Waals surface area contributed by atoms with Crippen LogP contribution in [0.1, 0.15) is 64.4 Å². The minimum absolute atomic E-state index is 0.0674. The molecule has 12 rings (SSSR count). The number of urea groups is 1. The van der Waals surface area contributed by atoms with Crippen LogP contribution in [0.15, 0.2) is 134 Å². The van der Waals surface area contributed by atoms with E-state index in [9.17, 15) is 24.0 Å². The summed E-state index contributed by atoms with van der Waals surface area (Å²) in [5.41, 5.74) is 3.82. The lowest BCUT2D eigenvalue weighted by molar-refractivity contribution is -0.132. The number of carbonyl (C=O) groups excluding carboxylic acids is 5. The van der Waals surface area contributed by atoms with Crippen LogP contribution in [0.2, 0.25) is 0 Å². The first-order chi connectivity index (χ1) is 38.6. The molecule has 2 aliphatic rings. The maximum absolute atomic E-state index is 14.0.